The molecule has 35 heavy (non-hydrogen) atoms. The van der Waals surface area contributed by atoms with E-state index in [9.17, 15) is 9.59 Å². The number of aromatic nitrogens is 3. The number of benzene rings is 1. The Labute approximate surface area is 210 Å². The van der Waals surface area contributed by atoms with Crippen LogP contribution in [0, 0.1) is 5.92 Å². The van der Waals surface area contributed by atoms with Gasteiger partial charge < -0.3 is 10.1 Å². The van der Waals surface area contributed by atoms with Gasteiger partial charge in [0.15, 0.2) is 0 Å². The Kier molecular flexibility index (Phi) is 7.55. The summed E-state index contributed by atoms with van der Waals surface area (Å²) < 4.78 is 7.14. The topological polar surface area (TPSA) is 86.1 Å². The molecule has 1 aromatic carbocycles. The van der Waals surface area contributed by atoms with E-state index in [1.165, 1.54) is 0 Å². The van der Waals surface area contributed by atoms with Crippen LogP contribution in [0.4, 0.5) is 4.79 Å². The van der Waals surface area contributed by atoms with E-state index < -0.39 is 11.7 Å². The Balaban J connectivity index is 1.52. The lowest BCUT2D eigenvalue weighted by Gasteiger charge is -2.35. The third-order valence-electron chi connectivity index (χ3n) is 6.24. The second kappa shape index (κ2) is 10.6. The third-order valence-corrected chi connectivity index (χ3v) is 6.47. The summed E-state index contributed by atoms with van der Waals surface area (Å²) in [5, 5.41) is 8.36. The van der Waals surface area contributed by atoms with Crippen LogP contribution in [0.3, 0.4) is 0 Å². The fourth-order valence-corrected chi connectivity index (χ4v) is 4.85. The molecule has 1 aliphatic rings. The average molecular weight is 495 g/mol. The predicted octanol–water partition coefficient (Wildman–Crippen LogP) is 5.96. The van der Waals surface area contributed by atoms with Crippen LogP contribution in [0.15, 0.2) is 65.7 Å². The lowest BCUT2D eigenvalue weighted by Crippen LogP contribution is -2.39. The van der Waals surface area contributed by atoms with Crippen molar-refractivity contribution in [3.63, 3.8) is 0 Å². The number of alkyl carbamates (subject to hydrolysis) is 1. The molecule has 184 valence electrons. The van der Waals surface area contributed by atoms with Crippen LogP contribution in [0.2, 0.25) is 5.02 Å². The fourth-order valence-electron chi connectivity index (χ4n) is 4.65. The fraction of sp³-hybridized carbons (Fsp3) is 0.407. The van der Waals surface area contributed by atoms with Crippen molar-refractivity contribution in [1.29, 1.82) is 0 Å². The van der Waals surface area contributed by atoms with Gasteiger partial charge in [0.2, 0.25) is 0 Å². The number of hydrogen-bond donors (Lipinski definition) is 1. The smallest absolute Gasteiger partial charge is 0.408 e. The van der Waals surface area contributed by atoms with E-state index in [-0.39, 0.29) is 23.6 Å². The van der Waals surface area contributed by atoms with E-state index >= 15 is 0 Å². The summed E-state index contributed by atoms with van der Waals surface area (Å²) >= 11 is 6.26. The molecule has 1 aliphatic carbocycles. The van der Waals surface area contributed by atoms with E-state index in [2.05, 4.69) is 15.4 Å². The summed E-state index contributed by atoms with van der Waals surface area (Å²) in [4.78, 5) is 29.4. The second-order valence-electron chi connectivity index (χ2n) is 9.98. The summed E-state index contributed by atoms with van der Waals surface area (Å²) in [6.45, 7) is 5.53. The van der Waals surface area contributed by atoms with Gasteiger partial charge in [0.1, 0.15) is 5.60 Å². The predicted molar refractivity (Wildman–Crippen MR) is 136 cm³/mol. The van der Waals surface area contributed by atoms with Gasteiger partial charge in [0.25, 0.3) is 5.56 Å². The van der Waals surface area contributed by atoms with E-state index in [0.29, 0.717) is 5.02 Å². The first kappa shape index (κ1) is 24.9. The van der Waals surface area contributed by atoms with Crippen LogP contribution in [-0.4, -0.2) is 26.5 Å². The van der Waals surface area contributed by atoms with Crippen molar-refractivity contribution < 1.29 is 9.53 Å². The average Bonchev–Trinajstić information content (AvgIpc) is 2.82. The van der Waals surface area contributed by atoms with Gasteiger partial charge in [-0.05, 0) is 88.3 Å². The number of carbonyl (C=O) groups excluding carboxylic acids is 1. The highest BCUT2D eigenvalue weighted by Gasteiger charge is 2.32. The quantitative estimate of drug-likeness (QED) is 0.473. The van der Waals surface area contributed by atoms with Gasteiger partial charge >= 0.3 is 6.09 Å². The summed E-state index contributed by atoms with van der Waals surface area (Å²) in [5.41, 5.74) is 1.92. The van der Waals surface area contributed by atoms with Crippen molar-refractivity contribution in [2.75, 3.05) is 0 Å². The van der Waals surface area contributed by atoms with Gasteiger partial charge in [-0.2, -0.15) is 5.10 Å². The van der Waals surface area contributed by atoms with Crippen molar-refractivity contribution in [1.82, 2.24) is 20.1 Å². The number of carbonyl (C=O) groups is 1. The van der Waals surface area contributed by atoms with Crippen molar-refractivity contribution in [3.8, 4) is 11.3 Å². The summed E-state index contributed by atoms with van der Waals surface area (Å²) in [5.74, 6) is 0.177. The first-order valence-electron chi connectivity index (χ1n) is 11.9. The number of nitrogens with zero attached hydrogens (tertiary/aromatic N) is 3. The number of ether oxygens (including phenoxy) is 1. The molecule has 0 bridgehead atoms. The highest BCUT2D eigenvalue weighted by atomic mass is 35.5. The standard InChI is InChI=1S/C27H31ClN4O3/c1-27(2,3)35-26(34)30-25(20-5-4-6-21(28)17-20)19-7-9-22(10-8-19)32-24(33)12-11-23(31-32)18-13-15-29-16-14-18/h4-6,11-17,19,22,25H,7-10H2,1-3H3,(H,30,34). The molecule has 3 aromatic rings. The monoisotopic (exact) mass is 494 g/mol. The molecule has 8 heteroatoms. The first-order chi connectivity index (χ1) is 16.7. The normalized spacial score (nSPS) is 19.1. The van der Waals surface area contributed by atoms with Crippen LogP contribution in [-0.2, 0) is 4.74 Å². The van der Waals surface area contributed by atoms with E-state index in [1.54, 1.807) is 29.2 Å². The molecule has 0 spiro atoms. The van der Waals surface area contributed by atoms with Gasteiger partial charge in [-0.15, -0.1) is 0 Å². The lowest BCUT2D eigenvalue weighted by molar-refractivity contribution is 0.0471. The molecular weight excluding hydrogens is 464 g/mol. The Morgan fingerprint density at radius 1 is 1.09 bits per heavy atom. The molecule has 7 nitrogen and oxygen atoms in total. The molecule has 0 saturated heterocycles. The summed E-state index contributed by atoms with van der Waals surface area (Å²) in [7, 11) is 0. The number of hydrogen-bond acceptors (Lipinski definition) is 5. The molecule has 1 saturated carbocycles. The molecule has 1 N–H and O–H groups in total. The van der Waals surface area contributed by atoms with E-state index in [0.717, 1.165) is 42.5 Å². The third kappa shape index (κ3) is 6.48. The maximum absolute atomic E-state index is 12.7. The first-order valence-corrected chi connectivity index (χ1v) is 12.3. The lowest BCUT2D eigenvalue weighted by atomic mass is 9.79. The zero-order valence-electron chi connectivity index (χ0n) is 20.3. The molecule has 2 aromatic heterocycles. The highest BCUT2D eigenvalue weighted by molar-refractivity contribution is 6.30. The van der Waals surface area contributed by atoms with Crippen LogP contribution in [0.1, 0.15) is 64.1 Å². The van der Waals surface area contributed by atoms with Gasteiger partial charge in [0, 0.05) is 29.0 Å². The van der Waals surface area contributed by atoms with Crippen LogP contribution < -0.4 is 10.9 Å². The number of halogens is 1. The Hall–Kier alpha value is -3.19. The van der Waals surface area contributed by atoms with E-state index in [4.69, 9.17) is 16.3 Å². The largest absolute Gasteiger partial charge is 0.444 e. The van der Waals surface area contributed by atoms with Crippen molar-refractivity contribution in [2.24, 2.45) is 5.92 Å². The minimum atomic E-state index is -0.590. The molecule has 0 aliphatic heterocycles. The number of pyridine rings is 1. The molecule has 1 fully saturated rings. The summed E-state index contributed by atoms with van der Waals surface area (Å²) in [6.07, 6.45) is 6.19. The van der Waals surface area contributed by atoms with Gasteiger partial charge in [0.05, 0.1) is 17.8 Å². The van der Waals surface area contributed by atoms with Crippen molar-refractivity contribution in [3.05, 3.63) is 81.9 Å². The zero-order chi connectivity index (χ0) is 25.0. The maximum Gasteiger partial charge on any atom is 0.408 e. The Morgan fingerprint density at radius 2 is 1.80 bits per heavy atom. The van der Waals surface area contributed by atoms with Crippen LogP contribution in [0.5, 0.6) is 0 Å². The molecule has 2 heterocycles. The van der Waals surface area contributed by atoms with Gasteiger partial charge in [-0.3, -0.25) is 9.78 Å². The van der Waals surface area contributed by atoms with Crippen molar-refractivity contribution in [2.45, 2.75) is 64.1 Å². The molecule has 1 atom stereocenters. The zero-order valence-corrected chi connectivity index (χ0v) is 21.0. The Bertz CT molecular complexity index is 1210. The SMILES string of the molecule is CC(C)(C)OC(=O)NC(c1cccc(Cl)c1)C1CCC(n2nc(-c3ccncc3)ccc2=O)CC1. The minimum absolute atomic E-state index is 0.00192. The minimum Gasteiger partial charge on any atom is -0.444 e. The van der Waals surface area contributed by atoms with Crippen molar-refractivity contribution >= 4 is 17.7 Å². The van der Waals surface area contributed by atoms with Crippen LogP contribution in [0.25, 0.3) is 11.3 Å². The molecule has 1 amide bonds. The van der Waals surface area contributed by atoms with Gasteiger partial charge in [-0.1, -0.05) is 23.7 Å². The molecular formula is C27H31ClN4O3. The van der Waals surface area contributed by atoms with E-state index in [1.807, 2.05) is 57.2 Å². The highest BCUT2D eigenvalue weighted by Crippen LogP contribution is 2.39. The number of nitrogens with one attached hydrogen (secondary N) is 1. The molecule has 1 unspecified atom stereocenters. The maximum atomic E-state index is 12.7. The number of amides is 1. The molecule has 0 radical (unpaired) electrons. The second-order valence-corrected chi connectivity index (χ2v) is 10.4. The summed E-state index contributed by atoms with van der Waals surface area (Å²) in [6, 6.07) is 14.4. The number of rotatable bonds is 5. The van der Waals surface area contributed by atoms with Crippen LogP contribution >= 0.6 is 11.6 Å². The molecule has 4 rings (SSSR count). The van der Waals surface area contributed by atoms with Gasteiger partial charge in [-0.25, -0.2) is 9.48 Å². The Morgan fingerprint density at radius 3 is 2.46 bits per heavy atom.